The Labute approximate surface area is 152 Å². The summed E-state index contributed by atoms with van der Waals surface area (Å²) in [6.45, 7) is 4.09. The van der Waals surface area contributed by atoms with Crippen LogP contribution in [0.3, 0.4) is 0 Å². The van der Waals surface area contributed by atoms with Gasteiger partial charge in [0, 0.05) is 12.5 Å². The molecule has 1 amide bonds. The third kappa shape index (κ3) is 4.72. The highest BCUT2D eigenvalue weighted by molar-refractivity contribution is 7.99. The smallest absolute Gasteiger partial charge is 0.230 e. The molecule has 0 radical (unpaired) electrons. The summed E-state index contributed by atoms with van der Waals surface area (Å²) in [5.74, 6) is 1.77. The van der Waals surface area contributed by atoms with Gasteiger partial charge in [-0.1, -0.05) is 55.3 Å². The molecule has 0 bridgehead atoms. The van der Waals surface area contributed by atoms with Crippen LogP contribution in [-0.4, -0.2) is 33.0 Å². The summed E-state index contributed by atoms with van der Waals surface area (Å²) in [7, 11) is 0. The van der Waals surface area contributed by atoms with Crippen molar-refractivity contribution >= 4 is 17.7 Å². The van der Waals surface area contributed by atoms with Gasteiger partial charge in [0.25, 0.3) is 0 Å². The number of nitrogens with zero attached hydrogens (tertiary/aromatic N) is 3. The van der Waals surface area contributed by atoms with E-state index in [4.69, 9.17) is 4.98 Å². The normalized spacial score (nSPS) is 15.0. The van der Waals surface area contributed by atoms with E-state index in [9.17, 15) is 4.79 Å². The number of hydrogen-bond donors (Lipinski definition) is 1. The van der Waals surface area contributed by atoms with Crippen molar-refractivity contribution in [1.29, 1.82) is 0 Å². The van der Waals surface area contributed by atoms with Gasteiger partial charge < -0.3 is 5.32 Å². The zero-order valence-corrected chi connectivity index (χ0v) is 15.2. The van der Waals surface area contributed by atoms with Crippen LogP contribution >= 0.6 is 11.8 Å². The molecule has 1 aromatic heterocycles. The second-order valence-corrected chi connectivity index (χ2v) is 7.16. The maximum Gasteiger partial charge on any atom is 0.230 e. The third-order valence-corrected chi connectivity index (χ3v) is 5.20. The maximum atomic E-state index is 11.8. The second-order valence-electron chi connectivity index (χ2n) is 6.22. The number of aromatic nitrogens is 3. The summed E-state index contributed by atoms with van der Waals surface area (Å²) in [5, 5.41) is 8.12. The Kier molecular flexibility index (Phi) is 6.28. The highest BCUT2D eigenvalue weighted by atomic mass is 32.2. The molecule has 132 valence electrons. The Morgan fingerprint density at radius 3 is 2.76 bits per heavy atom. The van der Waals surface area contributed by atoms with E-state index < -0.39 is 0 Å². The molecule has 0 unspecified atom stereocenters. The predicted octanol–water partition coefficient (Wildman–Crippen LogP) is 3.71. The van der Waals surface area contributed by atoms with Crippen molar-refractivity contribution in [3.63, 3.8) is 0 Å². The maximum absolute atomic E-state index is 11.8. The molecule has 0 spiro atoms. The molecule has 2 aromatic rings. The lowest BCUT2D eigenvalue weighted by Gasteiger charge is -2.21. The number of carbonyl (C=O) groups is 1. The first kappa shape index (κ1) is 17.7. The van der Waals surface area contributed by atoms with Crippen molar-refractivity contribution < 1.29 is 4.79 Å². The lowest BCUT2D eigenvalue weighted by Crippen LogP contribution is -2.24. The lowest BCUT2D eigenvalue weighted by atomic mass is 9.88. The fourth-order valence-corrected chi connectivity index (χ4v) is 3.78. The van der Waals surface area contributed by atoms with Crippen LogP contribution in [0.2, 0.25) is 0 Å². The topological polar surface area (TPSA) is 59.8 Å². The van der Waals surface area contributed by atoms with Crippen LogP contribution in [0.15, 0.2) is 48.1 Å². The average Bonchev–Trinajstić information content (AvgIpc) is 3.10. The number of para-hydroxylation sites is 1. The Morgan fingerprint density at radius 2 is 2.04 bits per heavy atom. The molecule has 1 fully saturated rings. The monoisotopic (exact) mass is 356 g/mol. The molecule has 6 heteroatoms. The molecule has 0 saturated heterocycles. The van der Waals surface area contributed by atoms with Crippen molar-refractivity contribution in [3.05, 3.63) is 48.8 Å². The van der Waals surface area contributed by atoms with Crippen LogP contribution in [0.25, 0.3) is 5.69 Å². The molecule has 1 saturated carbocycles. The van der Waals surface area contributed by atoms with Crippen molar-refractivity contribution in [3.8, 4) is 5.69 Å². The fraction of sp³-hybridized carbons (Fsp3) is 0.421. The van der Waals surface area contributed by atoms with Gasteiger partial charge in [0.05, 0.1) is 11.4 Å². The van der Waals surface area contributed by atoms with Gasteiger partial charge >= 0.3 is 0 Å². The predicted molar refractivity (Wildman–Crippen MR) is 101 cm³/mol. The summed E-state index contributed by atoms with van der Waals surface area (Å²) in [5.41, 5.74) is 1.03. The van der Waals surface area contributed by atoms with Crippen LogP contribution < -0.4 is 5.32 Å². The second kappa shape index (κ2) is 8.85. The van der Waals surface area contributed by atoms with Crippen LogP contribution in [-0.2, 0) is 4.79 Å². The van der Waals surface area contributed by atoms with E-state index >= 15 is 0 Å². The molecule has 0 atom stereocenters. The lowest BCUT2D eigenvalue weighted by molar-refractivity contribution is -0.118. The van der Waals surface area contributed by atoms with E-state index in [0.717, 1.165) is 24.4 Å². The van der Waals surface area contributed by atoms with Gasteiger partial charge in [0.2, 0.25) is 11.1 Å². The molecule has 1 aromatic carbocycles. The van der Waals surface area contributed by atoms with Crippen LogP contribution in [0.5, 0.6) is 0 Å². The van der Waals surface area contributed by atoms with Gasteiger partial charge in [-0.15, -0.1) is 11.7 Å². The Balaban J connectivity index is 1.79. The van der Waals surface area contributed by atoms with E-state index in [-0.39, 0.29) is 5.91 Å². The number of amides is 1. The van der Waals surface area contributed by atoms with Crippen molar-refractivity contribution in [1.82, 2.24) is 20.1 Å². The summed E-state index contributed by atoms with van der Waals surface area (Å²) in [4.78, 5) is 16.6. The SMILES string of the molecule is C=CCNC(=O)CSc1nc(C2CCCCC2)n(-c2ccccc2)n1. The van der Waals surface area contributed by atoms with Gasteiger partial charge in [-0.2, -0.15) is 0 Å². The zero-order chi connectivity index (χ0) is 17.5. The van der Waals surface area contributed by atoms with E-state index in [1.165, 1.54) is 31.0 Å². The average molecular weight is 356 g/mol. The van der Waals surface area contributed by atoms with Crippen LogP contribution in [0.4, 0.5) is 0 Å². The third-order valence-electron chi connectivity index (χ3n) is 4.36. The standard InChI is InChI=1S/C19H24N4OS/c1-2-13-20-17(24)14-25-19-21-18(15-9-5-3-6-10-15)23(22-19)16-11-7-4-8-12-16/h2,4,7-8,11-12,15H,1,3,5-6,9-10,13-14H2,(H,20,24). The molecule has 1 N–H and O–H groups in total. The Morgan fingerprint density at radius 1 is 1.28 bits per heavy atom. The molecule has 3 rings (SSSR count). The molecule has 1 aliphatic carbocycles. The summed E-state index contributed by atoms with van der Waals surface area (Å²) < 4.78 is 1.96. The van der Waals surface area contributed by atoms with Gasteiger partial charge in [-0.3, -0.25) is 4.79 Å². The minimum atomic E-state index is -0.0276. The minimum Gasteiger partial charge on any atom is -0.352 e. The van der Waals surface area contributed by atoms with E-state index in [1.54, 1.807) is 6.08 Å². The zero-order valence-electron chi connectivity index (χ0n) is 14.4. The Bertz CT molecular complexity index is 707. The molecular weight excluding hydrogens is 332 g/mol. The molecular formula is C19H24N4OS. The van der Waals surface area contributed by atoms with E-state index in [2.05, 4.69) is 17.0 Å². The number of nitrogens with one attached hydrogen (secondary N) is 1. The van der Waals surface area contributed by atoms with Crippen LogP contribution in [0, 0.1) is 0 Å². The molecule has 5 nitrogen and oxygen atoms in total. The largest absolute Gasteiger partial charge is 0.352 e. The first-order valence-corrected chi connectivity index (χ1v) is 9.79. The number of carbonyl (C=O) groups excluding carboxylic acids is 1. The first-order chi connectivity index (χ1) is 12.3. The van der Waals surface area contributed by atoms with Crippen LogP contribution in [0.1, 0.15) is 43.8 Å². The fourth-order valence-electron chi connectivity index (χ4n) is 3.12. The van der Waals surface area contributed by atoms with Gasteiger partial charge in [0.1, 0.15) is 5.82 Å². The number of benzene rings is 1. The quantitative estimate of drug-likeness (QED) is 0.607. The van der Waals surface area contributed by atoms with Crippen molar-refractivity contribution in [2.24, 2.45) is 0 Å². The minimum absolute atomic E-state index is 0.0276. The van der Waals surface area contributed by atoms with Gasteiger partial charge in [-0.05, 0) is 25.0 Å². The number of thioether (sulfide) groups is 1. The first-order valence-electron chi connectivity index (χ1n) is 8.80. The summed E-state index contributed by atoms with van der Waals surface area (Å²) >= 11 is 1.38. The summed E-state index contributed by atoms with van der Waals surface area (Å²) in [6, 6.07) is 10.1. The molecule has 25 heavy (non-hydrogen) atoms. The van der Waals surface area contributed by atoms with E-state index in [0.29, 0.717) is 23.4 Å². The Hall–Kier alpha value is -2.08. The van der Waals surface area contributed by atoms with E-state index in [1.807, 2.05) is 35.0 Å². The van der Waals surface area contributed by atoms with Gasteiger partial charge in [0.15, 0.2) is 0 Å². The number of hydrogen-bond acceptors (Lipinski definition) is 4. The molecule has 1 heterocycles. The molecule has 0 aliphatic heterocycles. The summed E-state index contributed by atoms with van der Waals surface area (Å²) in [6.07, 6.45) is 7.80. The highest BCUT2D eigenvalue weighted by Gasteiger charge is 2.23. The van der Waals surface area contributed by atoms with Gasteiger partial charge in [-0.25, -0.2) is 9.67 Å². The number of rotatable bonds is 7. The van der Waals surface area contributed by atoms with Crippen molar-refractivity contribution in [2.45, 2.75) is 43.2 Å². The van der Waals surface area contributed by atoms with Crippen molar-refractivity contribution in [2.75, 3.05) is 12.3 Å². The highest BCUT2D eigenvalue weighted by Crippen LogP contribution is 2.33. The molecule has 1 aliphatic rings.